The molecule has 3 atom stereocenters. The fourth-order valence-electron chi connectivity index (χ4n) is 4.11. The van der Waals surface area contributed by atoms with Crippen molar-refractivity contribution in [2.45, 2.75) is 82.0 Å². The van der Waals surface area contributed by atoms with E-state index in [4.69, 9.17) is 4.74 Å². The highest BCUT2D eigenvalue weighted by atomic mass is 16.5. The molecular formula is C17H32N2O2. The highest BCUT2D eigenvalue weighted by Gasteiger charge is 2.44. The molecule has 4 heteroatoms. The maximum atomic E-state index is 9.87. The first-order valence-electron chi connectivity index (χ1n) is 8.99. The quantitative estimate of drug-likeness (QED) is 0.753. The van der Waals surface area contributed by atoms with Crippen molar-refractivity contribution in [1.29, 1.82) is 0 Å². The van der Waals surface area contributed by atoms with E-state index in [9.17, 15) is 5.11 Å². The summed E-state index contributed by atoms with van der Waals surface area (Å²) in [5.74, 6) is 0. The van der Waals surface area contributed by atoms with Gasteiger partial charge in [0.15, 0.2) is 0 Å². The van der Waals surface area contributed by atoms with Crippen LogP contribution in [-0.2, 0) is 4.74 Å². The van der Waals surface area contributed by atoms with E-state index in [-0.39, 0.29) is 5.54 Å². The van der Waals surface area contributed by atoms with Gasteiger partial charge in [-0.25, -0.2) is 0 Å². The number of likely N-dealkylation sites (tertiary alicyclic amines) is 1. The van der Waals surface area contributed by atoms with Gasteiger partial charge < -0.3 is 15.2 Å². The van der Waals surface area contributed by atoms with Crippen LogP contribution in [0.25, 0.3) is 0 Å². The molecule has 1 saturated heterocycles. The van der Waals surface area contributed by atoms with E-state index in [1.807, 2.05) is 0 Å². The summed E-state index contributed by atoms with van der Waals surface area (Å²) in [6, 6.07) is 1.31. The van der Waals surface area contributed by atoms with Crippen LogP contribution >= 0.6 is 0 Å². The standard InChI is InChI=1S/C17H32N2O2/c1-2-10-21-16-4-3-9-19(12-16)15-7-8-17(11-15,13-20)18-14-5-6-14/h14-16,18,20H,2-13H2,1H3. The number of hydrogen-bond acceptors (Lipinski definition) is 4. The maximum Gasteiger partial charge on any atom is 0.0702 e. The molecule has 3 unspecified atom stereocenters. The normalized spacial score (nSPS) is 38.0. The molecule has 2 saturated carbocycles. The Bertz CT molecular complexity index is 335. The van der Waals surface area contributed by atoms with Gasteiger partial charge in [0.25, 0.3) is 0 Å². The minimum Gasteiger partial charge on any atom is -0.394 e. The van der Waals surface area contributed by atoms with Gasteiger partial charge in [-0.1, -0.05) is 6.92 Å². The van der Waals surface area contributed by atoms with Gasteiger partial charge in [-0.2, -0.15) is 0 Å². The highest BCUT2D eigenvalue weighted by molar-refractivity contribution is 5.03. The van der Waals surface area contributed by atoms with Crippen molar-refractivity contribution in [2.24, 2.45) is 0 Å². The first-order valence-corrected chi connectivity index (χ1v) is 8.99. The number of piperidine rings is 1. The number of rotatable bonds is 7. The number of ether oxygens (including phenoxy) is 1. The summed E-state index contributed by atoms with van der Waals surface area (Å²) in [5.41, 5.74) is 0.00303. The Hall–Kier alpha value is -0.160. The van der Waals surface area contributed by atoms with E-state index in [0.29, 0.717) is 24.8 Å². The minimum absolute atomic E-state index is 0.00303. The topological polar surface area (TPSA) is 44.7 Å². The molecule has 0 spiro atoms. The average Bonchev–Trinajstić information content (AvgIpc) is 3.22. The van der Waals surface area contributed by atoms with E-state index in [1.54, 1.807) is 0 Å². The summed E-state index contributed by atoms with van der Waals surface area (Å²) in [6.07, 6.45) is 10.1. The molecule has 0 radical (unpaired) electrons. The molecule has 3 rings (SSSR count). The highest BCUT2D eigenvalue weighted by Crippen LogP contribution is 2.37. The van der Waals surface area contributed by atoms with Crippen molar-refractivity contribution in [2.75, 3.05) is 26.3 Å². The molecule has 2 aliphatic carbocycles. The number of nitrogens with one attached hydrogen (secondary N) is 1. The summed E-state index contributed by atoms with van der Waals surface area (Å²) >= 11 is 0. The van der Waals surface area contributed by atoms with Gasteiger partial charge in [-0.3, -0.25) is 4.90 Å². The molecule has 0 aromatic rings. The number of aliphatic hydroxyl groups is 1. The van der Waals surface area contributed by atoms with Crippen LogP contribution in [-0.4, -0.2) is 60.0 Å². The van der Waals surface area contributed by atoms with Crippen molar-refractivity contribution in [3.8, 4) is 0 Å². The Morgan fingerprint density at radius 3 is 2.86 bits per heavy atom. The largest absolute Gasteiger partial charge is 0.394 e. The van der Waals surface area contributed by atoms with Crippen LogP contribution in [0.15, 0.2) is 0 Å². The van der Waals surface area contributed by atoms with Gasteiger partial charge in [0.05, 0.1) is 12.7 Å². The van der Waals surface area contributed by atoms with Crippen molar-refractivity contribution in [1.82, 2.24) is 10.2 Å². The fourth-order valence-corrected chi connectivity index (χ4v) is 4.11. The monoisotopic (exact) mass is 296 g/mol. The Balaban J connectivity index is 1.52. The molecule has 3 aliphatic rings. The third kappa shape index (κ3) is 3.98. The van der Waals surface area contributed by atoms with E-state index < -0.39 is 0 Å². The van der Waals surface area contributed by atoms with Crippen molar-refractivity contribution >= 4 is 0 Å². The van der Waals surface area contributed by atoms with Crippen molar-refractivity contribution in [3.63, 3.8) is 0 Å². The molecule has 122 valence electrons. The van der Waals surface area contributed by atoms with Crippen LogP contribution in [0.3, 0.4) is 0 Å². The van der Waals surface area contributed by atoms with Gasteiger partial charge in [-0.05, 0) is 57.9 Å². The Labute approximate surface area is 129 Å². The molecule has 0 bridgehead atoms. The Morgan fingerprint density at radius 1 is 1.29 bits per heavy atom. The second-order valence-corrected chi connectivity index (χ2v) is 7.38. The molecular weight excluding hydrogens is 264 g/mol. The molecule has 0 amide bonds. The summed E-state index contributed by atoms with van der Waals surface area (Å²) in [4.78, 5) is 2.63. The minimum atomic E-state index is 0.00303. The predicted molar refractivity (Wildman–Crippen MR) is 84.5 cm³/mol. The second kappa shape index (κ2) is 6.95. The number of nitrogens with zero attached hydrogens (tertiary/aromatic N) is 1. The zero-order valence-corrected chi connectivity index (χ0v) is 13.5. The fraction of sp³-hybridized carbons (Fsp3) is 1.00. The summed E-state index contributed by atoms with van der Waals surface area (Å²) in [6.45, 7) is 5.67. The molecule has 3 fully saturated rings. The number of aliphatic hydroxyl groups excluding tert-OH is 1. The van der Waals surface area contributed by atoms with Gasteiger partial charge >= 0.3 is 0 Å². The number of hydrogen-bond donors (Lipinski definition) is 2. The Morgan fingerprint density at radius 2 is 2.14 bits per heavy atom. The van der Waals surface area contributed by atoms with E-state index in [1.165, 1.54) is 38.6 Å². The van der Waals surface area contributed by atoms with Crippen LogP contribution in [0.1, 0.15) is 58.3 Å². The zero-order valence-electron chi connectivity index (χ0n) is 13.5. The van der Waals surface area contributed by atoms with Crippen LogP contribution in [0.4, 0.5) is 0 Å². The third-order valence-electron chi connectivity index (χ3n) is 5.46. The SMILES string of the molecule is CCCOC1CCCN(C2CCC(CO)(NC3CC3)C2)C1. The molecule has 0 aromatic heterocycles. The lowest BCUT2D eigenvalue weighted by atomic mass is 9.97. The molecule has 1 heterocycles. The smallest absolute Gasteiger partial charge is 0.0702 e. The molecule has 0 aromatic carbocycles. The zero-order chi connectivity index (χ0) is 14.7. The van der Waals surface area contributed by atoms with E-state index in [0.717, 1.165) is 32.4 Å². The lowest BCUT2D eigenvalue weighted by Gasteiger charge is -2.38. The molecule has 21 heavy (non-hydrogen) atoms. The van der Waals surface area contributed by atoms with Crippen LogP contribution in [0, 0.1) is 0 Å². The molecule has 1 aliphatic heterocycles. The predicted octanol–water partition coefficient (Wildman–Crippen LogP) is 1.91. The lowest BCUT2D eigenvalue weighted by Crippen LogP contribution is -2.50. The summed E-state index contributed by atoms with van der Waals surface area (Å²) in [7, 11) is 0. The van der Waals surface area contributed by atoms with Gasteiger partial charge in [0.2, 0.25) is 0 Å². The Kier molecular flexibility index (Phi) is 5.20. The van der Waals surface area contributed by atoms with E-state index in [2.05, 4.69) is 17.1 Å². The average molecular weight is 296 g/mol. The lowest BCUT2D eigenvalue weighted by molar-refractivity contribution is -0.0131. The second-order valence-electron chi connectivity index (χ2n) is 7.38. The van der Waals surface area contributed by atoms with Crippen molar-refractivity contribution < 1.29 is 9.84 Å². The first-order chi connectivity index (χ1) is 10.2. The van der Waals surface area contributed by atoms with Crippen LogP contribution < -0.4 is 5.32 Å². The molecule has 2 N–H and O–H groups in total. The van der Waals surface area contributed by atoms with Crippen LogP contribution in [0.2, 0.25) is 0 Å². The molecule has 4 nitrogen and oxygen atoms in total. The van der Waals surface area contributed by atoms with Gasteiger partial charge in [0.1, 0.15) is 0 Å². The maximum absolute atomic E-state index is 9.87. The third-order valence-corrected chi connectivity index (χ3v) is 5.46. The van der Waals surface area contributed by atoms with Gasteiger partial charge in [0, 0.05) is 30.8 Å². The summed E-state index contributed by atoms with van der Waals surface area (Å²) < 4.78 is 5.97. The van der Waals surface area contributed by atoms with Gasteiger partial charge in [-0.15, -0.1) is 0 Å². The van der Waals surface area contributed by atoms with Crippen LogP contribution in [0.5, 0.6) is 0 Å². The van der Waals surface area contributed by atoms with Crippen molar-refractivity contribution in [3.05, 3.63) is 0 Å². The first kappa shape index (κ1) is 15.7. The van der Waals surface area contributed by atoms with E-state index >= 15 is 0 Å². The summed E-state index contributed by atoms with van der Waals surface area (Å²) in [5, 5.41) is 13.6.